The Hall–Kier alpha value is -1.57. The number of aromatic nitrogens is 1. The van der Waals surface area contributed by atoms with Crippen molar-refractivity contribution in [3.63, 3.8) is 0 Å². The molecule has 0 radical (unpaired) electrons. The van der Waals surface area contributed by atoms with Crippen LogP contribution < -0.4 is 4.72 Å². The Morgan fingerprint density at radius 1 is 1.43 bits per heavy atom. The van der Waals surface area contributed by atoms with Gasteiger partial charge in [-0.2, -0.15) is 0 Å². The van der Waals surface area contributed by atoms with E-state index in [4.69, 9.17) is 4.42 Å². The minimum Gasteiger partial charge on any atom is -0.469 e. The molecule has 2 heterocycles. The Balaban J connectivity index is 2.04. The second-order valence-corrected chi connectivity index (χ2v) is 6.51. The van der Waals surface area contributed by atoms with Crippen LogP contribution in [0.3, 0.4) is 0 Å². The maximum Gasteiger partial charge on any atom is 0.242 e. The number of aliphatic hydroxyl groups excluding tert-OH is 1. The van der Waals surface area contributed by atoms with Crippen molar-refractivity contribution in [1.29, 1.82) is 0 Å². The topological polar surface area (TPSA) is 84.5 Å². The molecule has 0 fully saturated rings. The molecule has 6 nitrogen and oxygen atoms in total. The largest absolute Gasteiger partial charge is 0.469 e. The maximum absolute atomic E-state index is 12.2. The molecule has 0 aliphatic carbocycles. The molecule has 0 saturated carbocycles. The zero-order valence-corrected chi connectivity index (χ0v) is 12.8. The van der Waals surface area contributed by atoms with E-state index in [1.807, 2.05) is 6.92 Å². The smallest absolute Gasteiger partial charge is 0.242 e. The van der Waals surface area contributed by atoms with E-state index < -0.39 is 10.0 Å². The third-order valence-electron chi connectivity index (χ3n) is 3.14. The molecule has 0 bridgehead atoms. The second kappa shape index (κ2) is 6.93. The number of hydrogen-bond acceptors (Lipinski definition) is 4. The molecule has 116 valence electrons. The van der Waals surface area contributed by atoms with Crippen molar-refractivity contribution in [2.45, 2.75) is 37.8 Å². The summed E-state index contributed by atoms with van der Waals surface area (Å²) >= 11 is 0. The summed E-state index contributed by atoms with van der Waals surface area (Å²) < 4.78 is 33.9. The lowest BCUT2D eigenvalue weighted by atomic mass is 10.3. The Bertz CT molecular complexity index is 659. The van der Waals surface area contributed by atoms with Crippen LogP contribution in [0, 0.1) is 0 Å². The van der Waals surface area contributed by atoms with Crippen molar-refractivity contribution >= 4 is 10.0 Å². The SMILES string of the molecule is CCCn1cc(S(=O)(=O)NCCc2ccco2)cc1CO. The molecule has 0 unspecified atom stereocenters. The molecule has 2 aromatic heterocycles. The fraction of sp³-hybridized carbons (Fsp3) is 0.429. The van der Waals surface area contributed by atoms with Crippen molar-refractivity contribution in [2.75, 3.05) is 6.54 Å². The molecule has 0 aromatic carbocycles. The summed E-state index contributed by atoms with van der Waals surface area (Å²) in [5.41, 5.74) is 0.600. The molecule has 0 atom stereocenters. The predicted octanol–water partition coefficient (Wildman–Crippen LogP) is 1.50. The molecule has 0 amide bonds. The molecule has 0 aliphatic rings. The zero-order valence-electron chi connectivity index (χ0n) is 11.9. The minimum atomic E-state index is -3.57. The number of aliphatic hydroxyl groups is 1. The summed E-state index contributed by atoms with van der Waals surface area (Å²) in [5.74, 6) is 0.734. The van der Waals surface area contributed by atoms with Crippen LogP contribution in [-0.4, -0.2) is 24.6 Å². The van der Waals surface area contributed by atoms with E-state index >= 15 is 0 Å². The van der Waals surface area contributed by atoms with Crippen molar-refractivity contribution in [2.24, 2.45) is 0 Å². The van der Waals surface area contributed by atoms with Crippen LogP contribution >= 0.6 is 0 Å². The zero-order chi connectivity index (χ0) is 15.3. The van der Waals surface area contributed by atoms with Gasteiger partial charge in [0.05, 0.1) is 17.8 Å². The van der Waals surface area contributed by atoms with Gasteiger partial charge in [-0.3, -0.25) is 0 Å². The van der Waals surface area contributed by atoms with E-state index in [0.717, 1.165) is 12.2 Å². The molecule has 0 spiro atoms. The van der Waals surface area contributed by atoms with E-state index in [0.29, 0.717) is 18.7 Å². The van der Waals surface area contributed by atoms with Crippen LogP contribution in [0.1, 0.15) is 24.8 Å². The number of furan rings is 1. The highest BCUT2D eigenvalue weighted by Crippen LogP contribution is 2.15. The highest BCUT2D eigenvalue weighted by molar-refractivity contribution is 7.89. The number of aryl methyl sites for hydroxylation is 1. The fourth-order valence-electron chi connectivity index (χ4n) is 2.10. The minimum absolute atomic E-state index is 0.179. The van der Waals surface area contributed by atoms with Crippen LogP contribution in [-0.2, 0) is 29.6 Å². The van der Waals surface area contributed by atoms with E-state index in [-0.39, 0.29) is 18.0 Å². The molecule has 21 heavy (non-hydrogen) atoms. The first-order valence-corrected chi connectivity index (χ1v) is 8.37. The molecular formula is C14H20N2O4S. The van der Waals surface area contributed by atoms with Crippen LogP contribution in [0.5, 0.6) is 0 Å². The van der Waals surface area contributed by atoms with Gasteiger partial charge in [-0.05, 0) is 24.6 Å². The van der Waals surface area contributed by atoms with Crippen molar-refractivity contribution in [3.05, 3.63) is 42.1 Å². The second-order valence-electron chi connectivity index (χ2n) is 4.75. The van der Waals surface area contributed by atoms with E-state index in [1.54, 1.807) is 29.2 Å². The standard InChI is InChI=1S/C14H20N2O4S/c1-2-7-16-10-14(9-12(16)11-17)21(18,19)15-6-5-13-4-3-8-20-13/h3-4,8-10,15,17H,2,5-7,11H2,1H3. The lowest BCUT2D eigenvalue weighted by molar-refractivity contribution is 0.270. The third-order valence-corrected chi connectivity index (χ3v) is 4.57. The number of hydrogen-bond donors (Lipinski definition) is 2. The summed E-state index contributed by atoms with van der Waals surface area (Å²) in [6, 6.07) is 5.07. The molecule has 2 rings (SSSR count). The molecule has 0 aliphatic heterocycles. The monoisotopic (exact) mass is 312 g/mol. The van der Waals surface area contributed by atoms with Crippen LogP contribution in [0.15, 0.2) is 40.0 Å². The van der Waals surface area contributed by atoms with E-state index in [1.165, 1.54) is 6.07 Å². The molecule has 7 heteroatoms. The molecule has 2 aromatic rings. The van der Waals surface area contributed by atoms with Gasteiger partial charge >= 0.3 is 0 Å². The van der Waals surface area contributed by atoms with Crippen molar-refractivity contribution in [3.8, 4) is 0 Å². The van der Waals surface area contributed by atoms with Gasteiger partial charge in [0.1, 0.15) is 5.76 Å². The summed E-state index contributed by atoms with van der Waals surface area (Å²) in [5, 5.41) is 9.28. The Morgan fingerprint density at radius 3 is 2.86 bits per heavy atom. The first kappa shape index (κ1) is 15.8. The van der Waals surface area contributed by atoms with Gasteiger partial charge in [0.2, 0.25) is 10.0 Å². The summed E-state index contributed by atoms with van der Waals surface area (Å²) in [6.07, 6.45) is 4.48. The summed E-state index contributed by atoms with van der Waals surface area (Å²) in [4.78, 5) is 0.180. The highest BCUT2D eigenvalue weighted by Gasteiger charge is 2.17. The van der Waals surface area contributed by atoms with Gasteiger partial charge in [-0.25, -0.2) is 13.1 Å². The van der Waals surface area contributed by atoms with E-state index in [9.17, 15) is 13.5 Å². The lowest BCUT2D eigenvalue weighted by Gasteiger charge is -2.04. The fourth-order valence-corrected chi connectivity index (χ4v) is 3.19. The van der Waals surface area contributed by atoms with Crippen LogP contribution in [0.4, 0.5) is 0 Å². The number of rotatable bonds is 8. The quantitative estimate of drug-likeness (QED) is 0.774. The average Bonchev–Trinajstić information content (AvgIpc) is 3.08. The first-order valence-electron chi connectivity index (χ1n) is 6.88. The Labute approximate surface area is 124 Å². The first-order chi connectivity index (χ1) is 10.1. The Morgan fingerprint density at radius 2 is 2.24 bits per heavy atom. The maximum atomic E-state index is 12.2. The predicted molar refractivity (Wildman–Crippen MR) is 78.2 cm³/mol. The average molecular weight is 312 g/mol. The summed E-state index contributed by atoms with van der Waals surface area (Å²) in [7, 11) is -3.57. The van der Waals surface area contributed by atoms with Crippen LogP contribution in [0.2, 0.25) is 0 Å². The number of nitrogens with one attached hydrogen (secondary N) is 1. The van der Waals surface area contributed by atoms with Crippen LogP contribution in [0.25, 0.3) is 0 Å². The van der Waals surface area contributed by atoms with Gasteiger partial charge in [-0.15, -0.1) is 0 Å². The normalized spacial score (nSPS) is 11.9. The van der Waals surface area contributed by atoms with Crippen molar-refractivity contribution < 1.29 is 17.9 Å². The number of nitrogens with zero attached hydrogens (tertiary/aromatic N) is 1. The third kappa shape index (κ3) is 3.96. The van der Waals surface area contributed by atoms with Gasteiger partial charge in [0.15, 0.2) is 0 Å². The van der Waals surface area contributed by atoms with Gasteiger partial charge in [0.25, 0.3) is 0 Å². The Kier molecular flexibility index (Phi) is 5.22. The highest BCUT2D eigenvalue weighted by atomic mass is 32.2. The molecule has 0 saturated heterocycles. The van der Waals surface area contributed by atoms with Gasteiger partial charge in [-0.1, -0.05) is 6.92 Å². The lowest BCUT2D eigenvalue weighted by Crippen LogP contribution is -2.25. The molecular weight excluding hydrogens is 292 g/mol. The van der Waals surface area contributed by atoms with Gasteiger partial charge in [0, 0.05) is 31.4 Å². The molecule has 2 N–H and O–H groups in total. The van der Waals surface area contributed by atoms with E-state index in [2.05, 4.69) is 4.72 Å². The van der Waals surface area contributed by atoms with Crippen molar-refractivity contribution in [1.82, 2.24) is 9.29 Å². The summed E-state index contributed by atoms with van der Waals surface area (Å²) in [6.45, 7) is 2.76. The number of sulfonamides is 1. The van der Waals surface area contributed by atoms with Gasteiger partial charge < -0.3 is 14.1 Å².